The second-order valence-corrected chi connectivity index (χ2v) is 5.97. The van der Waals surface area contributed by atoms with E-state index in [0.29, 0.717) is 6.04 Å². The van der Waals surface area contributed by atoms with E-state index in [2.05, 4.69) is 50.3 Å². The molecule has 0 saturated heterocycles. The molecule has 0 aliphatic heterocycles. The lowest BCUT2D eigenvalue weighted by atomic mass is 9.77. The summed E-state index contributed by atoms with van der Waals surface area (Å²) in [6, 6.07) is 4.98. The fourth-order valence-electron chi connectivity index (χ4n) is 3.34. The predicted molar refractivity (Wildman–Crippen MR) is 76.6 cm³/mol. The molecular weight excluding hydrogens is 220 g/mol. The third-order valence-corrected chi connectivity index (χ3v) is 4.31. The summed E-state index contributed by atoms with van der Waals surface area (Å²) in [5, 5.41) is 3.53. The second-order valence-electron chi connectivity index (χ2n) is 5.97. The van der Waals surface area contributed by atoms with Gasteiger partial charge in [-0.25, -0.2) is 0 Å². The molecule has 1 heterocycles. The van der Waals surface area contributed by atoms with Crippen molar-refractivity contribution in [1.29, 1.82) is 0 Å². The van der Waals surface area contributed by atoms with Crippen LogP contribution in [0.4, 0.5) is 0 Å². The normalized spacial score (nSPS) is 26.0. The first-order valence-electron chi connectivity index (χ1n) is 7.22. The van der Waals surface area contributed by atoms with Gasteiger partial charge in [0, 0.05) is 17.4 Å². The van der Waals surface area contributed by atoms with E-state index in [1.165, 1.54) is 31.2 Å². The van der Waals surface area contributed by atoms with Crippen molar-refractivity contribution in [2.24, 2.45) is 11.8 Å². The summed E-state index contributed by atoms with van der Waals surface area (Å²) in [4.78, 5) is 4.48. The van der Waals surface area contributed by atoms with Gasteiger partial charge in [-0.1, -0.05) is 19.8 Å². The number of hydrogen-bond donors (Lipinski definition) is 1. The molecule has 1 unspecified atom stereocenters. The second kappa shape index (κ2) is 5.83. The number of nitrogens with zero attached hydrogens (tertiary/aromatic N) is 1. The molecule has 1 saturated carbocycles. The number of rotatable bonds is 3. The van der Waals surface area contributed by atoms with E-state index < -0.39 is 0 Å². The van der Waals surface area contributed by atoms with Crippen LogP contribution in [0, 0.1) is 25.7 Å². The summed E-state index contributed by atoms with van der Waals surface area (Å²) in [7, 11) is 2.09. The Morgan fingerprint density at radius 1 is 1.11 bits per heavy atom. The molecule has 1 aliphatic rings. The van der Waals surface area contributed by atoms with Gasteiger partial charge in [0.25, 0.3) is 0 Å². The molecule has 0 amide bonds. The van der Waals surface area contributed by atoms with Crippen molar-refractivity contribution in [1.82, 2.24) is 10.3 Å². The highest BCUT2D eigenvalue weighted by molar-refractivity contribution is 5.24. The van der Waals surface area contributed by atoms with Crippen LogP contribution in [0.15, 0.2) is 12.1 Å². The van der Waals surface area contributed by atoms with Crippen molar-refractivity contribution < 1.29 is 0 Å². The van der Waals surface area contributed by atoms with E-state index in [-0.39, 0.29) is 0 Å². The fraction of sp³-hybridized carbons (Fsp3) is 0.688. The lowest BCUT2D eigenvalue weighted by molar-refractivity contribution is 0.238. The van der Waals surface area contributed by atoms with Gasteiger partial charge in [-0.2, -0.15) is 0 Å². The Kier molecular flexibility index (Phi) is 4.39. The number of aryl methyl sites for hydroxylation is 2. The van der Waals surface area contributed by atoms with Crippen LogP contribution in [0.5, 0.6) is 0 Å². The van der Waals surface area contributed by atoms with Crippen LogP contribution < -0.4 is 5.32 Å². The quantitative estimate of drug-likeness (QED) is 0.878. The van der Waals surface area contributed by atoms with Crippen molar-refractivity contribution in [2.45, 2.75) is 52.5 Å². The van der Waals surface area contributed by atoms with E-state index in [1.54, 1.807) is 0 Å². The maximum absolute atomic E-state index is 4.48. The molecule has 2 nitrogen and oxygen atoms in total. The molecule has 1 aliphatic carbocycles. The number of nitrogens with one attached hydrogen (secondary N) is 1. The molecule has 1 fully saturated rings. The van der Waals surface area contributed by atoms with Gasteiger partial charge in [0.1, 0.15) is 0 Å². The first-order valence-corrected chi connectivity index (χ1v) is 7.22. The van der Waals surface area contributed by atoms with Gasteiger partial charge in [0.2, 0.25) is 0 Å². The molecule has 0 spiro atoms. The maximum atomic E-state index is 4.48. The van der Waals surface area contributed by atoms with Crippen LogP contribution in [0.25, 0.3) is 0 Å². The van der Waals surface area contributed by atoms with Crippen molar-refractivity contribution in [3.8, 4) is 0 Å². The molecule has 18 heavy (non-hydrogen) atoms. The van der Waals surface area contributed by atoms with Gasteiger partial charge in [0.15, 0.2) is 0 Å². The lowest BCUT2D eigenvalue weighted by Gasteiger charge is -2.33. The first kappa shape index (κ1) is 13.5. The molecule has 100 valence electrons. The topological polar surface area (TPSA) is 24.9 Å². The Morgan fingerprint density at radius 2 is 1.67 bits per heavy atom. The van der Waals surface area contributed by atoms with Crippen LogP contribution in [-0.4, -0.2) is 12.0 Å². The highest BCUT2D eigenvalue weighted by Crippen LogP contribution is 2.36. The number of hydrogen-bond acceptors (Lipinski definition) is 2. The monoisotopic (exact) mass is 246 g/mol. The highest BCUT2D eigenvalue weighted by atomic mass is 14.9. The molecule has 2 rings (SSSR count). The minimum absolute atomic E-state index is 0.498. The predicted octanol–water partition coefficient (Wildman–Crippen LogP) is 3.79. The number of pyridine rings is 1. The van der Waals surface area contributed by atoms with Crippen molar-refractivity contribution in [3.05, 3.63) is 29.1 Å². The third kappa shape index (κ3) is 3.11. The number of aromatic nitrogens is 1. The Hall–Kier alpha value is -0.890. The third-order valence-electron chi connectivity index (χ3n) is 4.31. The molecule has 1 N–H and O–H groups in total. The van der Waals surface area contributed by atoms with E-state index in [4.69, 9.17) is 0 Å². The smallest absolute Gasteiger partial charge is 0.0379 e. The zero-order valence-corrected chi connectivity index (χ0v) is 12.2. The molecule has 2 heteroatoms. The molecule has 0 bridgehead atoms. The lowest BCUT2D eigenvalue weighted by Crippen LogP contribution is -2.28. The average Bonchev–Trinajstić information content (AvgIpc) is 2.31. The van der Waals surface area contributed by atoms with Gasteiger partial charge in [-0.3, -0.25) is 4.98 Å². The van der Waals surface area contributed by atoms with Gasteiger partial charge >= 0.3 is 0 Å². The molecule has 0 radical (unpaired) electrons. The summed E-state index contributed by atoms with van der Waals surface area (Å²) in [5.74, 6) is 1.70. The van der Waals surface area contributed by atoms with Crippen LogP contribution in [0.2, 0.25) is 0 Å². The zero-order valence-electron chi connectivity index (χ0n) is 12.2. The minimum Gasteiger partial charge on any atom is -0.313 e. The minimum atomic E-state index is 0.498. The SMILES string of the molecule is CNC(c1cc(C)nc(C)c1)C1CCC(C)CC1. The molecule has 1 aromatic heterocycles. The molecule has 1 atom stereocenters. The molecule has 1 aromatic rings. The largest absolute Gasteiger partial charge is 0.313 e. The van der Waals surface area contributed by atoms with Crippen LogP contribution >= 0.6 is 0 Å². The van der Waals surface area contributed by atoms with Gasteiger partial charge in [-0.15, -0.1) is 0 Å². The van der Waals surface area contributed by atoms with Crippen LogP contribution in [0.1, 0.15) is 55.6 Å². The summed E-state index contributed by atoms with van der Waals surface area (Å²) in [6.45, 7) is 6.56. The van der Waals surface area contributed by atoms with E-state index in [1.807, 2.05) is 0 Å². The Balaban J connectivity index is 2.17. The van der Waals surface area contributed by atoms with E-state index >= 15 is 0 Å². The standard InChI is InChI=1S/C16H26N2/c1-11-5-7-14(8-6-11)16(17-4)15-9-12(2)18-13(3)10-15/h9-11,14,16-17H,5-8H2,1-4H3. The van der Waals surface area contributed by atoms with Crippen molar-refractivity contribution >= 4 is 0 Å². The summed E-state index contributed by atoms with van der Waals surface area (Å²) < 4.78 is 0. The molecular formula is C16H26N2. The van der Waals surface area contributed by atoms with Crippen LogP contribution in [-0.2, 0) is 0 Å². The average molecular weight is 246 g/mol. The van der Waals surface area contributed by atoms with Gasteiger partial charge in [0.05, 0.1) is 0 Å². The summed E-state index contributed by atoms with van der Waals surface area (Å²) in [5.41, 5.74) is 3.69. The first-order chi connectivity index (χ1) is 8.60. The maximum Gasteiger partial charge on any atom is 0.0379 e. The molecule has 0 aromatic carbocycles. The Labute approximate surface area is 111 Å². The van der Waals surface area contributed by atoms with Crippen LogP contribution in [0.3, 0.4) is 0 Å². The van der Waals surface area contributed by atoms with Gasteiger partial charge in [-0.05, 0) is 63.3 Å². The van der Waals surface area contributed by atoms with E-state index in [0.717, 1.165) is 23.2 Å². The zero-order chi connectivity index (χ0) is 13.1. The van der Waals surface area contributed by atoms with Crippen molar-refractivity contribution in [2.75, 3.05) is 7.05 Å². The van der Waals surface area contributed by atoms with Crippen molar-refractivity contribution in [3.63, 3.8) is 0 Å². The fourth-order valence-corrected chi connectivity index (χ4v) is 3.34. The Morgan fingerprint density at radius 3 is 2.17 bits per heavy atom. The van der Waals surface area contributed by atoms with Gasteiger partial charge < -0.3 is 5.32 Å². The Bertz CT molecular complexity index is 372. The van der Waals surface area contributed by atoms with E-state index in [9.17, 15) is 0 Å². The summed E-state index contributed by atoms with van der Waals surface area (Å²) in [6.07, 6.45) is 5.47. The highest BCUT2D eigenvalue weighted by Gasteiger charge is 2.26. The summed E-state index contributed by atoms with van der Waals surface area (Å²) >= 11 is 0.